The molecule has 0 fully saturated rings. The van der Waals surface area contributed by atoms with Gasteiger partial charge in [0.15, 0.2) is 0 Å². The number of aryl methyl sites for hydroxylation is 1. The Bertz CT molecular complexity index is 495. The number of benzene rings is 1. The maximum absolute atomic E-state index is 5.30. The minimum absolute atomic E-state index is 0.577. The van der Waals surface area contributed by atoms with Crippen LogP contribution < -0.4 is 9.47 Å². The topological polar surface area (TPSA) is 31.4 Å². The zero-order valence-corrected chi connectivity index (χ0v) is 11.1. The molecule has 0 amide bonds. The van der Waals surface area contributed by atoms with Gasteiger partial charge < -0.3 is 9.47 Å². The van der Waals surface area contributed by atoms with Gasteiger partial charge in [-0.25, -0.2) is 4.98 Å². The first-order chi connectivity index (χ1) is 8.26. The summed E-state index contributed by atoms with van der Waals surface area (Å²) in [6.45, 7) is 6.02. The molecular weight excluding hydrogens is 214 g/mol. The Labute approximate surface area is 102 Å². The van der Waals surface area contributed by atoms with Gasteiger partial charge >= 0.3 is 0 Å². The molecule has 0 aliphatic carbocycles. The number of methoxy groups -OCH3 is 2. The molecule has 92 valence electrons. The van der Waals surface area contributed by atoms with Crippen LogP contribution in [0.5, 0.6) is 11.6 Å². The Morgan fingerprint density at radius 3 is 2.35 bits per heavy atom. The first kappa shape index (κ1) is 13.3. The highest BCUT2D eigenvalue weighted by atomic mass is 16.5. The second-order valence-corrected chi connectivity index (χ2v) is 3.34. The number of fused-ring (bicyclic) bond motifs is 1. The Kier molecular flexibility index (Phi) is 4.76. The molecule has 0 bridgehead atoms. The van der Waals surface area contributed by atoms with Gasteiger partial charge in [0.1, 0.15) is 5.75 Å². The van der Waals surface area contributed by atoms with Crippen molar-refractivity contribution >= 4 is 10.9 Å². The molecule has 0 atom stereocenters. The van der Waals surface area contributed by atoms with E-state index < -0.39 is 0 Å². The summed E-state index contributed by atoms with van der Waals surface area (Å²) < 4.78 is 10.4. The molecule has 0 saturated carbocycles. The van der Waals surface area contributed by atoms with E-state index in [9.17, 15) is 0 Å². The number of hydrogen-bond donors (Lipinski definition) is 0. The van der Waals surface area contributed by atoms with Crippen LogP contribution in [0.1, 0.15) is 19.4 Å². The molecule has 1 heterocycles. The third-order valence-electron chi connectivity index (χ3n) is 2.41. The fraction of sp³-hybridized carbons (Fsp3) is 0.357. The zero-order chi connectivity index (χ0) is 12.8. The number of pyridine rings is 1. The fourth-order valence-electron chi connectivity index (χ4n) is 1.61. The Morgan fingerprint density at radius 1 is 1.06 bits per heavy atom. The van der Waals surface area contributed by atoms with E-state index in [4.69, 9.17) is 9.47 Å². The van der Waals surface area contributed by atoms with Crippen molar-refractivity contribution in [1.29, 1.82) is 0 Å². The van der Waals surface area contributed by atoms with E-state index in [2.05, 4.69) is 4.98 Å². The van der Waals surface area contributed by atoms with Gasteiger partial charge in [0, 0.05) is 11.5 Å². The molecule has 2 rings (SSSR count). The maximum atomic E-state index is 5.30. The summed E-state index contributed by atoms with van der Waals surface area (Å²) in [6, 6.07) is 7.80. The van der Waals surface area contributed by atoms with Crippen molar-refractivity contribution in [2.75, 3.05) is 14.2 Å². The lowest BCUT2D eigenvalue weighted by Crippen LogP contribution is -1.93. The number of hydrogen-bond acceptors (Lipinski definition) is 3. The lowest BCUT2D eigenvalue weighted by Gasteiger charge is -2.08. The van der Waals surface area contributed by atoms with E-state index in [1.165, 1.54) is 0 Å². The van der Waals surface area contributed by atoms with Crippen molar-refractivity contribution in [3.05, 3.63) is 29.8 Å². The van der Waals surface area contributed by atoms with Crippen LogP contribution in [0.25, 0.3) is 10.9 Å². The second-order valence-electron chi connectivity index (χ2n) is 3.34. The lowest BCUT2D eigenvalue weighted by molar-refractivity contribution is 0.386. The van der Waals surface area contributed by atoms with Gasteiger partial charge in [0.2, 0.25) is 5.88 Å². The van der Waals surface area contributed by atoms with E-state index in [1.54, 1.807) is 20.3 Å². The van der Waals surface area contributed by atoms with Crippen LogP contribution in [0.4, 0.5) is 0 Å². The van der Waals surface area contributed by atoms with E-state index in [0.717, 1.165) is 22.2 Å². The summed E-state index contributed by atoms with van der Waals surface area (Å²) >= 11 is 0. The van der Waals surface area contributed by atoms with Crippen molar-refractivity contribution in [1.82, 2.24) is 4.98 Å². The minimum Gasteiger partial charge on any atom is -0.496 e. The summed E-state index contributed by atoms with van der Waals surface area (Å²) in [5.41, 5.74) is 2.04. The molecule has 0 unspecified atom stereocenters. The van der Waals surface area contributed by atoms with Crippen LogP contribution in [0.2, 0.25) is 0 Å². The molecule has 2 aromatic rings. The Balaban J connectivity index is 0.000000686. The zero-order valence-electron chi connectivity index (χ0n) is 11.1. The summed E-state index contributed by atoms with van der Waals surface area (Å²) in [6.07, 6.45) is 0. The van der Waals surface area contributed by atoms with Gasteiger partial charge in [-0.05, 0) is 18.6 Å². The van der Waals surface area contributed by atoms with Crippen LogP contribution in [0.15, 0.2) is 24.3 Å². The van der Waals surface area contributed by atoms with Gasteiger partial charge in [-0.3, -0.25) is 0 Å². The largest absolute Gasteiger partial charge is 0.496 e. The van der Waals surface area contributed by atoms with Gasteiger partial charge in [-0.2, -0.15) is 0 Å². The van der Waals surface area contributed by atoms with Crippen molar-refractivity contribution < 1.29 is 9.47 Å². The van der Waals surface area contributed by atoms with Gasteiger partial charge in [0.25, 0.3) is 0 Å². The monoisotopic (exact) mass is 233 g/mol. The second kappa shape index (κ2) is 6.09. The average molecular weight is 233 g/mol. The van der Waals surface area contributed by atoms with Crippen LogP contribution in [0.3, 0.4) is 0 Å². The molecule has 1 aromatic carbocycles. The Hall–Kier alpha value is -1.77. The van der Waals surface area contributed by atoms with Crippen molar-refractivity contribution in [2.45, 2.75) is 20.8 Å². The Morgan fingerprint density at radius 2 is 1.76 bits per heavy atom. The normalized spacial score (nSPS) is 9.47. The molecule has 3 nitrogen and oxygen atoms in total. The smallest absolute Gasteiger partial charge is 0.217 e. The molecule has 0 N–H and O–H groups in total. The molecule has 0 aliphatic heterocycles. The quantitative estimate of drug-likeness (QED) is 0.794. The number of rotatable bonds is 2. The van der Waals surface area contributed by atoms with Crippen LogP contribution in [-0.2, 0) is 0 Å². The average Bonchev–Trinajstić information content (AvgIpc) is 2.40. The highest BCUT2D eigenvalue weighted by molar-refractivity contribution is 5.88. The summed E-state index contributed by atoms with van der Waals surface area (Å²) in [4.78, 5) is 4.40. The van der Waals surface area contributed by atoms with E-state index >= 15 is 0 Å². The molecule has 17 heavy (non-hydrogen) atoms. The van der Waals surface area contributed by atoms with Crippen LogP contribution in [0, 0.1) is 6.92 Å². The minimum atomic E-state index is 0.577. The predicted octanol–water partition coefficient (Wildman–Crippen LogP) is 3.59. The molecular formula is C14H19NO2. The van der Waals surface area contributed by atoms with E-state index in [1.807, 2.05) is 39.0 Å². The van der Waals surface area contributed by atoms with Gasteiger partial charge in [0.05, 0.1) is 19.7 Å². The SMILES string of the molecule is CC.COc1cc(OC)c2cccc(C)c2n1. The van der Waals surface area contributed by atoms with Crippen molar-refractivity contribution in [2.24, 2.45) is 0 Å². The highest BCUT2D eigenvalue weighted by Gasteiger charge is 2.07. The summed E-state index contributed by atoms with van der Waals surface area (Å²) in [5, 5.41) is 1.01. The third kappa shape index (κ3) is 2.67. The van der Waals surface area contributed by atoms with E-state index in [0.29, 0.717) is 5.88 Å². The molecule has 1 aromatic heterocycles. The standard InChI is InChI=1S/C12H13NO2.C2H6/c1-8-5-4-6-9-10(14-2)7-11(15-3)13-12(8)9;1-2/h4-7H,1-3H3;1-2H3. The molecule has 0 radical (unpaired) electrons. The van der Waals surface area contributed by atoms with Gasteiger partial charge in [-0.1, -0.05) is 26.0 Å². The molecule has 0 spiro atoms. The van der Waals surface area contributed by atoms with Gasteiger partial charge in [-0.15, -0.1) is 0 Å². The summed E-state index contributed by atoms with van der Waals surface area (Å²) in [5.74, 6) is 1.37. The number of aromatic nitrogens is 1. The third-order valence-corrected chi connectivity index (χ3v) is 2.41. The molecule has 0 aliphatic rings. The lowest BCUT2D eigenvalue weighted by atomic mass is 10.1. The van der Waals surface area contributed by atoms with Crippen molar-refractivity contribution in [3.8, 4) is 11.6 Å². The van der Waals surface area contributed by atoms with Crippen LogP contribution >= 0.6 is 0 Å². The first-order valence-electron chi connectivity index (χ1n) is 5.74. The van der Waals surface area contributed by atoms with E-state index in [-0.39, 0.29) is 0 Å². The number of nitrogens with zero attached hydrogens (tertiary/aromatic N) is 1. The number of para-hydroxylation sites is 1. The highest BCUT2D eigenvalue weighted by Crippen LogP contribution is 2.29. The molecule has 3 heteroatoms. The maximum Gasteiger partial charge on any atom is 0.217 e. The number of ether oxygens (including phenoxy) is 2. The fourth-order valence-corrected chi connectivity index (χ4v) is 1.61. The van der Waals surface area contributed by atoms with Crippen molar-refractivity contribution in [3.63, 3.8) is 0 Å². The molecule has 0 saturated heterocycles. The predicted molar refractivity (Wildman–Crippen MR) is 70.9 cm³/mol. The first-order valence-corrected chi connectivity index (χ1v) is 5.74. The van der Waals surface area contributed by atoms with Crippen LogP contribution in [-0.4, -0.2) is 19.2 Å². The summed E-state index contributed by atoms with van der Waals surface area (Å²) in [7, 11) is 3.25.